The van der Waals surface area contributed by atoms with E-state index in [0.717, 1.165) is 18.9 Å². The first kappa shape index (κ1) is 11.5. The van der Waals surface area contributed by atoms with Crippen molar-refractivity contribution >= 4 is 5.91 Å². The standard InChI is InChI=1S/C10H20N2O2/c1-2-9(7-13)12-10(14)6-11-5-8-3-4-8/h8-9,11,13H,2-7H2,1H3,(H,12,14). The highest BCUT2D eigenvalue weighted by Gasteiger charge is 2.20. The predicted molar refractivity (Wildman–Crippen MR) is 54.9 cm³/mol. The second-order valence-electron chi connectivity index (χ2n) is 3.93. The zero-order chi connectivity index (χ0) is 10.4. The van der Waals surface area contributed by atoms with Crippen LogP contribution in [-0.4, -0.2) is 36.8 Å². The van der Waals surface area contributed by atoms with Gasteiger partial charge in [0.2, 0.25) is 5.91 Å². The lowest BCUT2D eigenvalue weighted by Gasteiger charge is -2.14. The van der Waals surface area contributed by atoms with Gasteiger partial charge in [0.1, 0.15) is 0 Å². The van der Waals surface area contributed by atoms with E-state index >= 15 is 0 Å². The highest BCUT2D eigenvalue weighted by atomic mass is 16.3. The van der Waals surface area contributed by atoms with Gasteiger partial charge in [-0.3, -0.25) is 4.79 Å². The van der Waals surface area contributed by atoms with Crippen LogP contribution in [0.5, 0.6) is 0 Å². The molecule has 0 aliphatic heterocycles. The third kappa shape index (κ3) is 4.58. The second kappa shape index (κ2) is 5.98. The van der Waals surface area contributed by atoms with Crippen LogP contribution in [0.4, 0.5) is 0 Å². The highest BCUT2D eigenvalue weighted by molar-refractivity contribution is 5.78. The number of amides is 1. The van der Waals surface area contributed by atoms with Gasteiger partial charge in [-0.05, 0) is 31.7 Å². The summed E-state index contributed by atoms with van der Waals surface area (Å²) in [6.07, 6.45) is 3.36. The van der Waals surface area contributed by atoms with E-state index in [9.17, 15) is 4.79 Å². The van der Waals surface area contributed by atoms with Gasteiger partial charge in [0.05, 0.1) is 19.2 Å². The summed E-state index contributed by atoms with van der Waals surface area (Å²) in [5.41, 5.74) is 0. The fourth-order valence-electron chi connectivity index (χ4n) is 1.27. The van der Waals surface area contributed by atoms with Gasteiger partial charge < -0.3 is 15.7 Å². The average molecular weight is 200 g/mol. The Balaban J connectivity index is 2.01. The van der Waals surface area contributed by atoms with Gasteiger partial charge in [-0.2, -0.15) is 0 Å². The summed E-state index contributed by atoms with van der Waals surface area (Å²) in [6.45, 7) is 3.28. The van der Waals surface area contributed by atoms with Gasteiger partial charge in [0, 0.05) is 0 Å². The molecule has 4 heteroatoms. The van der Waals surface area contributed by atoms with Crippen molar-refractivity contribution in [1.82, 2.24) is 10.6 Å². The number of nitrogens with one attached hydrogen (secondary N) is 2. The molecule has 0 aromatic rings. The lowest BCUT2D eigenvalue weighted by Crippen LogP contribution is -2.42. The normalized spacial score (nSPS) is 17.9. The molecule has 0 radical (unpaired) electrons. The Bertz CT molecular complexity index is 177. The van der Waals surface area contributed by atoms with E-state index in [4.69, 9.17) is 5.11 Å². The minimum Gasteiger partial charge on any atom is -0.394 e. The Kier molecular flexibility index (Phi) is 4.90. The first-order valence-electron chi connectivity index (χ1n) is 5.37. The molecule has 1 fully saturated rings. The molecular formula is C10H20N2O2. The molecule has 0 saturated heterocycles. The lowest BCUT2D eigenvalue weighted by molar-refractivity contribution is -0.121. The zero-order valence-electron chi connectivity index (χ0n) is 8.75. The van der Waals surface area contributed by atoms with Crippen molar-refractivity contribution in [3.8, 4) is 0 Å². The van der Waals surface area contributed by atoms with E-state index < -0.39 is 0 Å². The van der Waals surface area contributed by atoms with Gasteiger partial charge in [0.15, 0.2) is 0 Å². The summed E-state index contributed by atoms with van der Waals surface area (Å²) in [6, 6.07) is -0.0924. The Morgan fingerprint density at radius 3 is 2.79 bits per heavy atom. The van der Waals surface area contributed by atoms with Crippen LogP contribution in [0.3, 0.4) is 0 Å². The zero-order valence-corrected chi connectivity index (χ0v) is 8.75. The molecule has 0 spiro atoms. The van der Waals surface area contributed by atoms with E-state index in [-0.39, 0.29) is 18.6 Å². The first-order valence-corrected chi connectivity index (χ1v) is 5.37. The van der Waals surface area contributed by atoms with Crippen LogP contribution in [-0.2, 0) is 4.79 Å². The summed E-state index contributed by atoms with van der Waals surface area (Å²) < 4.78 is 0. The third-order valence-corrected chi connectivity index (χ3v) is 2.49. The van der Waals surface area contributed by atoms with Crippen LogP contribution in [0, 0.1) is 5.92 Å². The van der Waals surface area contributed by atoms with Gasteiger partial charge in [-0.15, -0.1) is 0 Å². The number of aliphatic hydroxyl groups excluding tert-OH is 1. The number of aliphatic hydroxyl groups is 1. The predicted octanol–water partition coefficient (Wildman–Crippen LogP) is -0.127. The molecule has 1 saturated carbocycles. The minimum absolute atomic E-state index is 0.0187. The number of rotatable bonds is 7. The second-order valence-corrected chi connectivity index (χ2v) is 3.93. The van der Waals surface area contributed by atoms with Crippen molar-refractivity contribution in [3.05, 3.63) is 0 Å². The average Bonchev–Trinajstić information content (AvgIpc) is 2.98. The fraction of sp³-hybridized carbons (Fsp3) is 0.900. The quantitative estimate of drug-likeness (QED) is 0.536. The van der Waals surface area contributed by atoms with Gasteiger partial charge in [0.25, 0.3) is 0 Å². The van der Waals surface area contributed by atoms with Gasteiger partial charge in [-0.1, -0.05) is 6.92 Å². The molecule has 1 rings (SSSR count). The number of carbonyl (C=O) groups excluding carboxylic acids is 1. The van der Waals surface area contributed by atoms with Crippen LogP contribution in [0.2, 0.25) is 0 Å². The van der Waals surface area contributed by atoms with E-state index in [1.54, 1.807) is 0 Å². The SMILES string of the molecule is CCC(CO)NC(=O)CNCC1CC1. The fourth-order valence-corrected chi connectivity index (χ4v) is 1.27. The molecule has 1 unspecified atom stereocenters. The molecule has 1 aliphatic carbocycles. The van der Waals surface area contributed by atoms with Crippen molar-refractivity contribution in [3.63, 3.8) is 0 Å². The van der Waals surface area contributed by atoms with Gasteiger partial charge in [-0.25, -0.2) is 0 Å². The molecule has 1 atom stereocenters. The molecular weight excluding hydrogens is 180 g/mol. The molecule has 3 N–H and O–H groups in total. The maximum Gasteiger partial charge on any atom is 0.234 e. The summed E-state index contributed by atoms with van der Waals surface area (Å²) in [5.74, 6) is 0.772. The van der Waals surface area contributed by atoms with Crippen LogP contribution in [0.15, 0.2) is 0 Å². The third-order valence-electron chi connectivity index (χ3n) is 2.49. The minimum atomic E-state index is -0.0924. The molecule has 0 aromatic carbocycles. The molecule has 0 bridgehead atoms. The van der Waals surface area contributed by atoms with E-state index in [1.165, 1.54) is 12.8 Å². The van der Waals surface area contributed by atoms with Crippen molar-refractivity contribution in [2.24, 2.45) is 5.92 Å². The molecule has 82 valence electrons. The van der Waals surface area contributed by atoms with Crippen molar-refractivity contribution in [1.29, 1.82) is 0 Å². The van der Waals surface area contributed by atoms with E-state index in [2.05, 4.69) is 10.6 Å². The van der Waals surface area contributed by atoms with E-state index in [1.807, 2.05) is 6.92 Å². The van der Waals surface area contributed by atoms with Crippen LogP contribution < -0.4 is 10.6 Å². The number of carbonyl (C=O) groups is 1. The summed E-state index contributed by atoms with van der Waals surface area (Å²) in [5, 5.41) is 14.7. The molecule has 0 aromatic heterocycles. The largest absolute Gasteiger partial charge is 0.394 e. The van der Waals surface area contributed by atoms with Crippen molar-refractivity contribution < 1.29 is 9.90 Å². The Labute approximate surface area is 85.1 Å². The van der Waals surface area contributed by atoms with Crippen LogP contribution >= 0.6 is 0 Å². The first-order chi connectivity index (χ1) is 6.76. The van der Waals surface area contributed by atoms with Crippen molar-refractivity contribution in [2.45, 2.75) is 32.2 Å². The van der Waals surface area contributed by atoms with Crippen LogP contribution in [0.25, 0.3) is 0 Å². The van der Waals surface area contributed by atoms with Gasteiger partial charge >= 0.3 is 0 Å². The topological polar surface area (TPSA) is 61.4 Å². The summed E-state index contributed by atoms with van der Waals surface area (Å²) in [4.78, 5) is 11.3. The maximum absolute atomic E-state index is 11.3. The highest BCUT2D eigenvalue weighted by Crippen LogP contribution is 2.27. The molecule has 1 amide bonds. The molecule has 1 aliphatic rings. The van der Waals surface area contributed by atoms with Crippen molar-refractivity contribution in [2.75, 3.05) is 19.7 Å². The Morgan fingerprint density at radius 1 is 1.57 bits per heavy atom. The monoisotopic (exact) mass is 200 g/mol. The van der Waals surface area contributed by atoms with Crippen LogP contribution in [0.1, 0.15) is 26.2 Å². The Hall–Kier alpha value is -0.610. The van der Waals surface area contributed by atoms with E-state index in [0.29, 0.717) is 6.54 Å². The Morgan fingerprint density at radius 2 is 2.29 bits per heavy atom. The number of hydrogen-bond acceptors (Lipinski definition) is 3. The molecule has 14 heavy (non-hydrogen) atoms. The smallest absolute Gasteiger partial charge is 0.234 e. The lowest BCUT2D eigenvalue weighted by atomic mass is 10.2. The summed E-state index contributed by atoms with van der Waals surface area (Å²) >= 11 is 0. The molecule has 0 heterocycles. The number of hydrogen-bond donors (Lipinski definition) is 3. The maximum atomic E-state index is 11.3. The molecule has 4 nitrogen and oxygen atoms in total. The summed E-state index contributed by atoms with van der Waals surface area (Å²) in [7, 11) is 0.